The van der Waals surface area contributed by atoms with E-state index in [0.29, 0.717) is 61.5 Å². The van der Waals surface area contributed by atoms with Gasteiger partial charge in [-0.15, -0.1) is 0 Å². The van der Waals surface area contributed by atoms with E-state index in [4.69, 9.17) is 19.7 Å². The van der Waals surface area contributed by atoms with E-state index in [1.54, 1.807) is 60.7 Å². The fraction of sp³-hybridized carbons (Fsp3) is 0.0149. The van der Waals surface area contributed by atoms with Gasteiger partial charge in [0.15, 0.2) is 17.1 Å². The number of rotatable bonds is 7. The molecule has 0 bridgehead atoms. The first-order valence-electron chi connectivity index (χ1n) is 24.3. The van der Waals surface area contributed by atoms with Gasteiger partial charge in [-0.05, 0) is 141 Å². The molecule has 0 spiro atoms. The second kappa shape index (κ2) is 18.8. The van der Waals surface area contributed by atoms with Crippen LogP contribution in [0, 0.1) is 53.7 Å². The number of alkyl halides is 3. The summed E-state index contributed by atoms with van der Waals surface area (Å²) in [4.78, 5) is 10.9. The van der Waals surface area contributed by atoms with Gasteiger partial charge < -0.3 is 9.13 Å². The third kappa shape index (κ3) is 8.08. The van der Waals surface area contributed by atoms with Gasteiger partial charge in [0.05, 0.1) is 88.1 Å². The highest BCUT2D eigenvalue weighted by atomic mass is 19.4. The van der Waals surface area contributed by atoms with E-state index in [9.17, 15) is 29.0 Å². The Kier molecular flexibility index (Phi) is 11.4. The van der Waals surface area contributed by atoms with Crippen LogP contribution in [0.4, 0.5) is 30.2 Å². The molecule has 0 aliphatic rings. The molecule has 10 aromatic carbocycles. The van der Waals surface area contributed by atoms with Crippen LogP contribution >= 0.6 is 0 Å². The molecule has 0 saturated carbocycles. The largest absolute Gasteiger partial charge is 0.415 e. The Bertz CT molecular complexity index is 4260. The molecular formula is C67H33F3N8. The second-order valence-electron chi connectivity index (χ2n) is 18.6. The predicted octanol–water partition coefficient (Wildman–Crippen LogP) is 18.5. The van der Waals surface area contributed by atoms with E-state index in [0.717, 1.165) is 78.2 Å². The maximum Gasteiger partial charge on any atom is 0.415 e. The van der Waals surface area contributed by atoms with Crippen LogP contribution < -0.4 is 0 Å². The summed E-state index contributed by atoms with van der Waals surface area (Å²) < 4.78 is 47.8. The molecule has 12 rings (SSSR count). The number of hydrogen-bond acceptors (Lipinski definition) is 3. The number of nitrogens with zero attached hydrogens (tertiary/aromatic N) is 8. The molecular weight excluding hydrogens is 974 g/mol. The minimum atomic E-state index is -4.75. The molecule has 0 saturated heterocycles. The summed E-state index contributed by atoms with van der Waals surface area (Å²) in [7, 11) is 0. The molecule has 12 aromatic rings. The Morgan fingerprint density at radius 3 is 1.00 bits per heavy atom. The van der Waals surface area contributed by atoms with Crippen molar-refractivity contribution in [2.75, 3.05) is 0 Å². The van der Waals surface area contributed by atoms with Crippen molar-refractivity contribution in [2.24, 2.45) is 0 Å². The maximum absolute atomic E-state index is 14.6. The zero-order valence-corrected chi connectivity index (χ0v) is 40.8. The smallest absolute Gasteiger partial charge is 0.309 e. The molecule has 11 heteroatoms. The van der Waals surface area contributed by atoms with Crippen LogP contribution in [0.15, 0.2) is 200 Å². The number of benzene rings is 10. The lowest BCUT2D eigenvalue weighted by atomic mass is 9.95. The van der Waals surface area contributed by atoms with Crippen LogP contribution in [0.5, 0.6) is 0 Å². The molecule has 362 valence electrons. The van der Waals surface area contributed by atoms with E-state index < -0.39 is 11.7 Å². The van der Waals surface area contributed by atoms with Crippen molar-refractivity contribution in [1.29, 1.82) is 15.8 Å². The summed E-state index contributed by atoms with van der Waals surface area (Å²) in [5.74, 6) is 0. The van der Waals surface area contributed by atoms with Crippen molar-refractivity contribution in [2.45, 2.75) is 6.18 Å². The number of fused-ring (bicyclic) bond motifs is 6. The summed E-state index contributed by atoms with van der Waals surface area (Å²) in [6.07, 6.45) is -4.75. The molecule has 2 heterocycles. The molecule has 0 amide bonds. The maximum atomic E-state index is 14.6. The summed E-state index contributed by atoms with van der Waals surface area (Å²) in [5.41, 5.74) is 12.1. The lowest BCUT2D eigenvalue weighted by molar-refractivity contribution is -0.137. The van der Waals surface area contributed by atoms with Crippen molar-refractivity contribution >= 4 is 60.7 Å². The minimum Gasteiger partial charge on any atom is -0.309 e. The van der Waals surface area contributed by atoms with Gasteiger partial charge >= 0.3 is 6.18 Å². The van der Waals surface area contributed by atoms with Crippen LogP contribution in [0.3, 0.4) is 0 Å². The fourth-order valence-electron chi connectivity index (χ4n) is 10.5. The van der Waals surface area contributed by atoms with Gasteiger partial charge in [0.2, 0.25) is 0 Å². The second-order valence-corrected chi connectivity index (χ2v) is 18.6. The Morgan fingerprint density at radius 1 is 0.359 bits per heavy atom. The van der Waals surface area contributed by atoms with Crippen molar-refractivity contribution in [3.05, 3.63) is 257 Å². The number of aromatic nitrogens is 2. The third-order valence-corrected chi connectivity index (χ3v) is 14.3. The predicted molar refractivity (Wildman–Crippen MR) is 300 cm³/mol. The SMILES string of the molecule is [C-]#[N+]c1ccc(-c2ccc3c(c2)c2cc(-c4ccc([N+]#[C-])cc4)ccc2n3-c2cc(C#N)cc(-n3c4ccc(-c5ccc(C#N)cc5)cc4c4cc(-c5ccc(C#N)cc5)ccc43)c2-c2ccc(C(F)(F)F)cc2[N+]#[C-])cc1. The normalized spacial score (nSPS) is 11.2. The van der Waals surface area contributed by atoms with Gasteiger partial charge in [0, 0.05) is 32.7 Å². The lowest BCUT2D eigenvalue weighted by Crippen LogP contribution is -2.07. The summed E-state index contributed by atoms with van der Waals surface area (Å²) in [6.45, 7) is 23.5. The first kappa shape index (κ1) is 47.5. The molecule has 8 nitrogen and oxygen atoms in total. The molecule has 0 fully saturated rings. The van der Waals surface area contributed by atoms with Gasteiger partial charge in [-0.3, -0.25) is 0 Å². The molecule has 0 radical (unpaired) electrons. The quantitative estimate of drug-likeness (QED) is 0.149. The van der Waals surface area contributed by atoms with Crippen LogP contribution in [-0.4, -0.2) is 9.13 Å². The first-order valence-corrected chi connectivity index (χ1v) is 24.3. The monoisotopic (exact) mass is 1010 g/mol. The number of hydrogen-bond donors (Lipinski definition) is 0. The van der Waals surface area contributed by atoms with E-state index in [1.807, 2.05) is 106 Å². The molecule has 0 N–H and O–H groups in total. The number of nitriles is 3. The fourth-order valence-corrected chi connectivity index (χ4v) is 10.5. The summed E-state index contributed by atoms with van der Waals surface area (Å²) >= 11 is 0. The lowest BCUT2D eigenvalue weighted by Gasteiger charge is -2.22. The van der Waals surface area contributed by atoms with E-state index in [2.05, 4.69) is 57.0 Å². The zero-order valence-electron chi connectivity index (χ0n) is 40.8. The molecule has 0 aliphatic heterocycles. The average Bonchev–Trinajstić information content (AvgIpc) is 4.19. The molecule has 78 heavy (non-hydrogen) atoms. The Balaban J connectivity index is 1.20. The van der Waals surface area contributed by atoms with Crippen molar-refractivity contribution in [1.82, 2.24) is 9.13 Å². The topological polar surface area (TPSA) is 94.3 Å². The molecule has 0 aliphatic carbocycles. The number of halogens is 3. The molecule has 0 atom stereocenters. The minimum absolute atomic E-state index is 0.203. The zero-order chi connectivity index (χ0) is 53.8. The Hall–Kier alpha value is -11.5. The summed E-state index contributed by atoms with van der Waals surface area (Å²) in [6, 6.07) is 66.5. The first-order chi connectivity index (χ1) is 38.0. The highest BCUT2D eigenvalue weighted by Crippen LogP contribution is 2.48. The highest BCUT2D eigenvalue weighted by molar-refractivity contribution is 6.15. The van der Waals surface area contributed by atoms with Crippen LogP contribution in [-0.2, 0) is 6.18 Å². The van der Waals surface area contributed by atoms with Gasteiger partial charge in [-0.2, -0.15) is 29.0 Å². The van der Waals surface area contributed by atoms with Crippen molar-refractivity contribution in [3.8, 4) is 85.2 Å². The Morgan fingerprint density at radius 2 is 0.692 bits per heavy atom. The van der Waals surface area contributed by atoms with E-state index >= 15 is 0 Å². The van der Waals surface area contributed by atoms with E-state index in [1.165, 1.54) is 6.07 Å². The van der Waals surface area contributed by atoms with Crippen molar-refractivity contribution < 1.29 is 13.2 Å². The van der Waals surface area contributed by atoms with Gasteiger partial charge in [-0.1, -0.05) is 109 Å². The molecule has 0 unspecified atom stereocenters. The van der Waals surface area contributed by atoms with Crippen LogP contribution in [0.25, 0.3) is 125 Å². The van der Waals surface area contributed by atoms with Crippen molar-refractivity contribution in [3.63, 3.8) is 0 Å². The average molecular weight is 1010 g/mol. The van der Waals surface area contributed by atoms with Gasteiger partial charge in [0.1, 0.15) is 0 Å². The molecule has 2 aromatic heterocycles. The van der Waals surface area contributed by atoms with Crippen LogP contribution in [0.1, 0.15) is 22.3 Å². The summed E-state index contributed by atoms with van der Waals surface area (Å²) in [5, 5.41) is 33.5. The van der Waals surface area contributed by atoms with Gasteiger partial charge in [-0.25, -0.2) is 14.5 Å². The third-order valence-electron chi connectivity index (χ3n) is 14.3. The van der Waals surface area contributed by atoms with Gasteiger partial charge in [0.25, 0.3) is 0 Å². The Labute approximate surface area is 444 Å². The standard InChI is InChI=1S/C67H33F3N8/c1-74-52-21-12-45(13-22-52)49-18-28-62-57(34-49)58-35-50(46-14-23-53(75-2)24-15-46)19-29-63(58)78(62)65-31-42(39-73)30-64(66(65)54-25-20-51(67(68,69)70)36-59(54)76-3)77-60-26-16-47(43-8-4-40(37-71)5-9-43)32-55(60)56-33-48(17-27-61(56)77)44-10-6-41(38-72)7-11-44/h4-36H. The highest BCUT2D eigenvalue weighted by Gasteiger charge is 2.32. The van der Waals surface area contributed by atoms with E-state index in [-0.39, 0.29) is 16.8 Å². The van der Waals surface area contributed by atoms with Crippen LogP contribution in [0.2, 0.25) is 0 Å².